The molecule has 0 spiro atoms. The van der Waals surface area contributed by atoms with Crippen LogP contribution >= 0.6 is 11.9 Å². The van der Waals surface area contributed by atoms with Gasteiger partial charge in [0.25, 0.3) is 0 Å². The van der Waals surface area contributed by atoms with Crippen LogP contribution < -0.4 is 0 Å². The molecule has 126 valence electrons. The number of nitrogens with zero attached hydrogens (tertiary/aromatic N) is 1. The number of carboxylic acids is 1. The van der Waals surface area contributed by atoms with E-state index < -0.39 is 5.97 Å². The molecule has 1 N–H and O–H groups in total. The van der Waals surface area contributed by atoms with Gasteiger partial charge in [-0.25, -0.2) is 4.31 Å². The molecule has 0 aliphatic rings. The Balaban J connectivity index is 1.71. The summed E-state index contributed by atoms with van der Waals surface area (Å²) < 4.78 is 1.86. The molecule has 0 bridgehead atoms. The summed E-state index contributed by atoms with van der Waals surface area (Å²) in [5.74, 6) is -0.829. The first-order valence-electron chi connectivity index (χ1n) is 8.05. The zero-order chi connectivity index (χ0) is 17.5. The van der Waals surface area contributed by atoms with E-state index in [2.05, 4.69) is 24.3 Å². The lowest BCUT2D eigenvalue weighted by molar-refractivity contribution is -0.137. The number of hydrogen-bond acceptors (Lipinski definition) is 3. The van der Waals surface area contributed by atoms with Gasteiger partial charge in [0, 0.05) is 11.4 Å². The minimum absolute atomic E-state index is 0.0139. The molecule has 0 aliphatic heterocycles. The van der Waals surface area contributed by atoms with Crippen LogP contribution in [0.15, 0.2) is 89.8 Å². The Morgan fingerprint density at radius 3 is 1.96 bits per heavy atom. The monoisotopic (exact) mass is 349 g/mol. The SMILES string of the molecule is O=C(O)CN(Cc1ccccc1)Sc1ccc(-c2ccccc2)cc1. The second-order valence-electron chi connectivity index (χ2n) is 5.66. The molecular formula is C21H19NO2S. The number of hydrogen-bond donors (Lipinski definition) is 1. The van der Waals surface area contributed by atoms with Crippen molar-refractivity contribution < 1.29 is 9.90 Å². The summed E-state index contributed by atoms with van der Waals surface area (Å²) in [7, 11) is 0. The van der Waals surface area contributed by atoms with E-state index in [-0.39, 0.29) is 6.54 Å². The molecule has 4 heteroatoms. The van der Waals surface area contributed by atoms with Crippen LogP contribution in [0.1, 0.15) is 5.56 Å². The third kappa shape index (κ3) is 5.21. The van der Waals surface area contributed by atoms with Crippen molar-refractivity contribution in [3.8, 4) is 11.1 Å². The summed E-state index contributed by atoms with van der Waals surface area (Å²) in [4.78, 5) is 12.2. The van der Waals surface area contributed by atoms with Crippen LogP contribution in [0, 0.1) is 0 Å². The Bertz CT molecular complexity index is 804. The Kier molecular flexibility index (Phi) is 5.88. The third-order valence-electron chi connectivity index (χ3n) is 3.71. The van der Waals surface area contributed by atoms with Crippen LogP contribution in [0.25, 0.3) is 11.1 Å². The van der Waals surface area contributed by atoms with Gasteiger partial charge in [-0.2, -0.15) is 0 Å². The number of carboxylic acid groups (broad SMARTS) is 1. The lowest BCUT2D eigenvalue weighted by atomic mass is 10.1. The van der Waals surface area contributed by atoms with Crippen LogP contribution in [-0.4, -0.2) is 21.9 Å². The lowest BCUT2D eigenvalue weighted by Crippen LogP contribution is -2.23. The van der Waals surface area contributed by atoms with Crippen molar-refractivity contribution >= 4 is 17.9 Å². The highest BCUT2D eigenvalue weighted by molar-refractivity contribution is 7.97. The molecule has 0 saturated heterocycles. The summed E-state index contributed by atoms with van der Waals surface area (Å²) >= 11 is 1.47. The molecule has 3 aromatic carbocycles. The lowest BCUT2D eigenvalue weighted by Gasteiger charge is -2.19. The Hall–Kier alpha value is -2.56. The quantitative estimate of drug-likeness (QED) is 0.613. The van der Waals surface area contributed by atoms with E-state index in [9.17, 15) is 9.90 Å². The van der Waals surface area contributed by atoms with Crippen LogP contribution in [-0.2, 0) is 11.3 Å². The van der Waals surface area contributed by atoms with E-state index >= 15 is 0 Å². The Morgan fingerprint density at radius 1 is 0.800 bits per heavy atom. The second-order valence-corrected chi connectivity index (χ2v) is 6.83. The van der Waals surface area contributed by atoms with Gasteiger partial charge in [-0.15, -0.1) is 0 Å². The first kappa shape index (κ1) is 17.3. The maximum atomic E-state index is 11.2. The first-order chi connectivity index (χ1) is 12.2. The molecule has 0 amide bonds. The van der Waals surface area contributed by atoms with Crippen LogP contribution in [0.2, 0.25) is 0 Å². The Labute approximate surface area is 152 Å². The fourth-order valence-electron chi connectivity index (χ4n) is 2.55. The van der Waals surface area contributed by atoms with Crippen molar-refractivity contribution in [1.82, 2.24) is 4.31 Å². The van der Waals surface area contributed by atoms with Crippen molar-refractivity contribution in [2.45, 2.75) is 11.4 Å². The molecule has 0 aromatic heterocycles. The predicted octanol–water partition coefficient (Wildman–Crippen LogP) is 4.95. The van der Waals surface area contributed by atoms with Crippen LogP contribution in [0.4, 0.5) is 0 Å². The molecule has 3 aromatic rings. The number of benzene rings is 3. The topological polar surface area (TPSA) is 40.5 Å². The highest BCUT2D eigenvalue weighted by Crippen LogP contribution is 2.27. The smallest absolute Gasteiger partial charge is 0.318 e. The van der Waals surface area contributed by atoms with Crippen LogP contribution in [0.3, 0.4) is 0 Å². The molecule has 0 unspecified atom stereocenters. The summed E-state index contributed by atoms with van der Waals surface area (Å²) in [5.41, 5.74) is 3.42. The zero-order valence-corrected chi connectivity index (χ0v) is 14.5. The number of aliphatic carboxylic acids is 1. The maximum Gasteiger partial charge on any atom is 0.318 e. The van der Waals surface area contributed by atoms with Crippen molar-refractivity contribution in [3.05, 3.63) is 90.5 Å². The molecule has 0 radical (unpaired) electrons. The number of rotatable bonds is 7. The summed E-state index contributed by atoms with van der Waals surface area (Å²) in [6, 6.07) is 28.3. The third-order valence-corrected chi connectivity index (χ3v) is 4.71. The van der Waals surface area contributed by atoms with Gasteiger partial charge in [0.15, 0.2) is 0 Å². The largest absolute Gasteiger partial charge is 0.480 e. The van der Waals surface area contributed by atoms with E-state index in [4.69, 9.17) is 0 Å². The van der Waals surface area contributed by atoms with Crippen molar-refractivity contribution in [2.24, 2.45) is 0 Å². The van der Waals surface area contributed by atoms with Gasteiger partial charge in [-0.3, -0.25) is 4.79 Å². The summed E-state index contributed by atoms with van der Waals surface area (Å²) in [6.45, 7) is 0.568. The molecule has 0 atom stereocenters. The van der Waals surface area contributed by atoms with E-state index in [1.165, 1.54) is 17.5 Å². The average molecular weight is 349 g/mol. The van der Waals surface area contributed by atoms with E-state index in [0.717, 1.165) is 16.0 Å². The van der Waals surface area contributed by atoms with Gasteiger partial charge in [0.2, 0.25) is 0 Å². The Morgan fingerprint density at radius 2 is 1.36 bits per heavy atom. The molecule has 0 fully saturated rings. The van der Waals surface area contributed by atoms with Gasteiger partial charge in [0.1, 0.15) is 6.54 Å². The minimum Gasteiger partial charge on any atom is -0.480 e. The van der Waals surface area contributed by atoms with E-state index in [0.29, 0.717) is 6.54 Å². The number of carbonyl (C=O) groups is 1. The maximum absolute atomic E-state index is 11.2. The molecule has 3 rings (SSSR count). The van der Waals surface area contributed by atoms with Crippen molar-refractivity contribution in [3.63, 3.8) is 0 Å². The normalized spacial score (nSPS) is 10.8. The molecule has 3 nitrogen and oxygen atoms in total. The van der Waals surface area contributed by atoms with E-state index in [1.807, 2.05) is 65.0 Å². The first-order valence-corrected chi connectivity index (χ1v) is 8.82. The molecule has 0 saturated carbocycles. The van der Waals surface area contributed by atoms with Gasteiger partial charge >= 0.3 is 5.97 Å². The van der Waals surface area contributed by atoms with Crippen molar-refractivity contribution in [2.75, 3.05) is 6.54 Å². The van der Waals surface area contributed by atoms with Gasteiger partial charge in [0.05, 0.1) is 0 Å². The standard InChI is InChI=1S/C21H19NO2S/c23-21(24)16-22(15-17-7-3-1-4-8-17)25-20-13-11-19(12-14-20)18-9-5-2-6-10-18/h1-14H,15-16H2,(H,23,24). The molecular weight excluding hydrogens is 330 g/mol. The fourth-order valence-corrected chi connectivity index (χ4v) is 3.49. The zero-order valence-electron chi connectivity index (χ0n) is 13.7. The van der Waals surface area contributed by atoms with Crippen molar-refractivity contribution in [1.29, 1.82) is 0 Å². The highest BCUT2D eigenvalue weighted by Gasteiger charge is 2.12. The van der Waals surface area contributed by atoms with Crippen LogP contribution in [0.5, 0.6) is 0 Å². The molecule has 25 heavy (non-hydrogen) atoms. The van der Waals surface area contributed by atoms with Gasteiger partial charge in [-0.05, 0) is 40.8 Å². The van der Waals surface area contributed by atoms with Gasteiger partial charge < -0.3 is 5.11 Å². The van der Waals surface area contributed by atoms with E-state index in [1.54, 1.807) is 0 Å². The molecule has 0 heterocycles. The predicted molar refractivity (Wildman–Crippen MR) is 102 cm³/mol. The minimum atomic E-state index is -0.829. The average Bonchev–Trinajstić information content (AvgIpc) is 2.63. The molecule has 0 aliphatic carbocycles. The summed E-state index contributed by atoms with van der Waals surface area (Å²) in [5, 5.41) is 9.18. The summed E-state index contributed by atoms with van der Waals surface area (Å²) in [6.07, 6.45) is 0. The fraction of sp³-hybridized carbons (Fsp3) is 0.0952. The highest BCUT2D eigenvalue weighted by atomic mass is 32.2. The second kappa shape index (κ2) is 8.51. The van der Waals surface area contributed by atoms with Gasteiger partial charge in [-0.1, -0.05) is 72.8 Å².